The summed E-state index contributed by atoms with van der Waals surface area (Å²) < 4.78 is 10.8. The molecule has 3 rings (SSSR count). The van der Waals surface area contributed by atoms with Crippen molar-refractivity contribution in [3.63, 3.8) is 0 Å². The second-order valence-electron chi connectivity index (χ2n) is 6.02. The lowest BCUT2D eigenvalue weighted by Gasteiger charge is -2.16. The Balaban J connectivity index is 1.85. The van der Waals surface area contributed by atoms with Gasteiger partial charge in [0.1, 0.15) is 5.75 Å². The van der Waals surface area contributed by atoms with E-state index >= 15 is 0 Å². The zero-order chi connectivity index (χ0) is 18.7. The van der Waals surface area contributed by atoms with Crippen LogP contribution in [-0.4, -0.2) is 39.2 Å². The standard InChI is InChI=1S/C19H21N3O4/c1-12-4-6-17-15(10-12)22(2)18(23)14-11-13(5-7-16(14)26-17)21-19(24)20-8-9-25-3/h4-7,10-11H,8-9H2,1-3H3,(H2,20,21,24). The number of methoxy groups -OCH3 is 1. The van der Waals surface area contributed by atoms with Crippen LogP contribution in [0.3, 0.4) is 0 Å². The molecule has 1 aliphatic heterocycles. The molecule has 0 saturated carbocycles. The van der Waals surface area contributed by atoms with Crippen molar-refractivity contribution in [3.05, 3.63) is 47.5 Å². The molecule has 0 unspecified atom stereocenters. The van der Waals surface area contributed by atoms with Crippen molar-refractivity contribution in [1.29, 1.82) is 0 Å². The summed E-state index contributed by atoms with van der Waals surface area (Å²) >= 11 is 0. The van der Waals surface area contributed by atoms with Crippen molar-refractivity contribution >= 4 is 23.3 Å². The Labute approximate surface area is 151 Å². The number of benzene rings is 2. The van der Waals surface area contributed by atoms with Gasteiger partial charge in [-0.25, -0.2) is 4.79 Å². The van der Waals surface area contributed by atoms with E-state index < -0.39 is 0 Å². The van der Waals surface area contributed by atoms with E-state index in [9.17, 15) is 9.59 Å². The van der Waals surface area contributed by atoms with E-state index in [1.807, 2.05) is 25.1 Å². The molecule has 0 atom stereocenters. The third kappa shape index (κ3) is 3.62. The summed E-state index contributed by atoms with van der Waals surface area (Å²) in [4.78, 5) is 26.3. The molecule has 0 fully saturated rings. The summed E-state index contributed by atoms with van der Waals surface area (Å²) in [5.74, 6) is 0.866. The van der Waals surface area contributed by atoms with Gasteiger partial charge in [-0.2, -0.15) is 0 Å². The van der Waals surface area contributed by atoms with Crippen molar-refractivity contribution in [2.45, 2.75) is 6.92 Å². The minimum Gasteiger partial charge on any atom is -0.454 e. The summed E-state index contributed by atoms with van der Waals surface area (Å²) in [6.45, 7) is 2.78. The Morgan fingerprint density at radius 1 is 1.19 bits per heavy atom. The third-order valence-corrected chi connectivity index (χ3v) is 4.06. The minimum absolute atomic E-state index is 0.201. The number of hydrogen-bond acceptors (Lipinski definition) is 4. The average molecular weight is 355 g/mol. The first-order valence-electron chi connectivity index (χ1n) is 8.24. The van der Waals surface area contributed by atoms with Crippen LogP contribution in [0.25, 0.3) is 0 Å². The zero-order valence-electron chi connectivity index (χ0n) is 15.0. The van der Waals surface area contributed by atoms with E-state index in [0.29, 0.717) is 41.6 Å². The quantitative estimate of drug-likeness (QED) is 0.826. The zero-order valence-corrected chi connectivity index (χ0v) is 15.0. The van der Waals surface area contributed by atoms with Crippen molar-refractivity contribution in [2.75, 3.05) is 37.5 Å². The highest BCUT2D eigenvalue weighted by Crippen LogP contribution is 2.39. The molecule has 7 heteroatoms. The number of hydrogen-bond donors (Lipinski definition) is 2. The van der Waals surface area contributed by atoms with Crippen molar-refractivity contribution in [3.8, 4) is 11.5 Å². The summed E-state index contributed by atoms with van der Waals surface area (Å²) in [5.41, 5.74) is 2.63. The summed E-state index contributed by atoms with van der Waals surface area (Å²) in [5, 5.41) is 5.37. The van der Waals surface area contributed by atoms with Gasteiger partial charge < -0.3 is 25.0 Å². The molecule has 1 aliphatic rings. The first-order chi connectivity index (χ1) is 12.5. The Bertz CT molecular complexity index is 851. The molecule has 0 radical (unpaired) electrons. The first-order valence-corrected chi connectivity index (χ1v) is 8.24. The predicted molar refractivity (Wildman–Crippen MR) is 99.3 cm³/mol. The Morgan fingerprint density at radius 3 is 2.73 bits per heavy atom. The number of anilines is 2. The fourth-order valence-corrected chi connectivity index (χ4v) is 2.69. The molecule has 3 amide bonds. The van der Waals surface area contributed by atoms with Gasteiger partial charge in [-0.05, 0) is 42.8 Å². The fraction of sp³-hybridized carbons (Fsp3) is 0.263. The van der Waals surface area contributed by atoms with E-state index in [1.54, 1.807) is 37.3 Å². The smallest absolute Gasteiger partial charge is 0.319 e. The van der Waals surface area contributed by atoms with E-state index in [1.165, 1.54) is 0 Å². The molecule has 0 bridgehead atoms. The van der Waals surface area contributed by atoms with Crippen LogP contribution in [-0.2, 0) is 4.74 Å². The van der Waals surface area contributed by atoms with Crippen LogP contribution in [0.4, 0.5) is 16.2 Å². The number of aryl methyl sites for hydroxylation is 1. The molecule has 136 valence electrons. The molecule has 7 nitrogen and oxygen atoms in total. The topological polar surface area (TPSA) is 79.9 Å². The Kier molecular flexibility index (Phi) is 5.09. The Hall–Kier alpha value is -3.06. The van der Waals surface area contributed by atoms with E-state index in [-0.39, 0.29) is 11.9 Å². The molecular formula is C19H21N3O4. The van der Waals surface area contributed by atoms with Crippen molar-refractivity contribution in [2.24, 2.45) is 0 Å². The van der Waals surface area contributed by atoms with Crippen molar-refractivity contribution in [1.82, 2.24) is 5.32 Å². The Morgan fingerprint density at radius 2 is 1.96 bits per heavy atom. The lowest BCUT2D eigenvalue weighted by atomic mass is 10.1. The van der Waals surface area contributed by atoms with E-state index in [4.69, 9.17) is 9.47 Å². The van der Waals surface area contributed by atoms with Crippen LogP contribution < -0.4 is 20.3 Å². The number of nitrogens with one attached hydrogen (secondary N) is 2. The SMILES string of the molecule is COCCNC(=O)Nc1ccc2c(c1)C(=O)N(C)c1cc(C)ccc1O2. The van der Waals surface area contributed by atoms with Gasteiger partial charge >= 0.3 is 6.03 Å². The van der Waals surface area contributed by atoms with Gasteiger partial charge in [0.15, 0.2) is 5.75 Å². The van der Waals surface area contributed by atoms with Gasteiger partial charge in [0.2, 0.25) is 0 Å². The van der Waals surface area contributed by atoms with E-state index in [2.05, 4.69) is 10.6 Å². The molecule has 0 saturated heterocycles. The maximum atomic E-state index is 12.9. The number of carbonyl (C=O) groups is 2. The maximum absolute atomic E-state index is 12.9. The normalized spacial score (nSPS) is 12.6. The number of carbonyl (C=O) groups excluding carboxylic acids is 2. The van der Waals surface area contributed by atoms with Gasteiger partial charge in [0, 0.05) is 26.4 Å². The number of amides is 3. The molecule has 0 aromatic heterocycles. The van der Waals surface area contributed by atoms with Crippen LogP contribution in [0.15, 0.2) is 36.4 Å². The molecule has 2 N–H and O–H groups in total. The predicted octanol–water partition coefficient (Wildman–Crippen LogP) is 3.15. The molecular weight excluding hydrogens is 334 g/mol. The number of ether oxygens (including phenoxy) is 2. The molecule has 26 heavy (non-hydrogen) atoms. The second kappa shape index (κ2) is 7.45. The lowest BCUT2D eigenvalue weighted by molar-refractivity contribution is 0.0993. The molecule has 0 spiro atoms. The number of rotatable bonds is 4. The first kappa shape index (κ1) is 17.8. The van der Waals surface area contributed by atoms with Crippen LogP contribution in [0.1, 0.15) is 15.9 Å². The lowest BCUT2D eigenvalue weighted by Crippen LogP contribution is -2.31. The second-order valence-corrected chi connectivity index (χ2v) is 6.02. The van der Waals surface area contributed by atoms with Crippen LogP contribution in [0.2, 0.25) is 0 Å². The molecule has 0 aliphatic carbocycles. The van der Waals surface area contributed by atoms with Gasteiger partial charge in [0.05, 0.1) is 17.9 Å². The molecule has 2 aromatic carbocycles. The molecule has 1 heterocycles. The number of nitrogens with zero attached hydrogens (tertiary/aromatic N) is 1. The molecule has 2 aromatic rings. The van der Waals surface area contributed by atoms with Crippen LogP contribution >= 0.6 is 0 Å². The largest absolute Gasteiger partial charge is 0.454 e. The van der Waals surface area contributed by atoms with E-state index in [0.717, 1.165) is 5.56 Å². The maximum Gasteiger partial charge on any atom is 0.319 e. The highest BCUT2D eigenvalue weighted by molar-refractivity contribution is 6.10. The average Bonchev–Trinajstić information content (AvgIpc) is 2.72. The fourth-order valence-electron chi connectivity index (χ4n) is 2.69. The monoisotopic (exact) mass is 355 g/mol. The van der Waals surface area contributed by atoms with Crippen molar-refractivity contribution < 1.29 is 19.1 Å². The minimum atomic E-state index is -0.365. The van der Waals surface area contributed by atoms with Gasteiger partial charge in [-0.3, -0.25) is 4.79 Å². The summed E-state index contributed by atoms with van der Waals surface area (Å²) in [7, 11) is 3.27. The van der Waals surface area contributed by atoms with Crippen LogP contribution in [0, 0.1) is 6.92 Å². The van der Waals surface area contributed by atoms with Gasteiger partial charge in [-0.1, -0.05) is 6.07 Å². The highest BCUT2D eigenvalue weighted by atomic mass is 16.5. The number of fused-ring (bicyclic) bond motifs is 2. The third-order valence-electron chi connectivity index (χ3n) is 4.06. The number of urea groups is 1. The van der Waals surface area contributed by atoms with Gasteiger partial charge in [-0.15, -0.1) is 0 Å². The summed E-state index contributed by atoms with van der Waals surface area (Å²) in [6.07, 6.45) is 0. The highest BCUT2D eigenvalue weighted by Gasteiger charge is 2.26. The summed E-state index contributed by atoms with van der Waals surface area (Å²) in [6, 6.07) is 10.3. The van der Waals surface area contributed by atoms with Crippen LogP contribution in [0.5, 0.6) is 11.5 Å². The van der Waals surface area contributed by atoms with Gasteiger partial charge in [0.25, 0.3) is 5.91 Å².